The standard InChI is InChI=1S/C19H22N2O6/c1-11-12(9-16(23)21-6-4-20(2)5-7-21)17(24)13-8-15(26-3)18(25)14(10-22)19(13)27-11/h8,10,25H,4-7,9H2,1-3H3. The second-order valence-electron chi connectivity index (χ2n) is 6.66. The van der Waals surface area contributed by atoms with Gasteiger partial charge in [0.05, 0.1) is 18.9 Å². The average Bonchev–Trinajstić information content (AvgIpc) is 2.65. The first-order valence-electron chi connectivity index (χ1n) is 8.65. The number of methoxy groups -OCH3 is 1. The summed E-state index contributed by atoms with van der Waals surface area (Å²) in [5.41, 5.74) is -0.322. The van der Waals surface area contributed by atoms with Crippen LogP contribution in [0.25, 0.3) is 11.0 Å². The topological polar surface area (TPSA) is 100 Å². The number of piperazine rings is 1. The van der Waals surface area contributed by atoms with Gasteiger partial charge in [-0.3, -0.25) is 14.4 Å². The normalized spacial score (nSPS) is 15.1. The van der Waals surface area contributed by atoms with Crippen LogP contribution in [0.3, 0.4) is 0 Å². The highest BCUT2D eigenvalue weighted by Gasteiger charge is 2.24. The molecule has 3 rings (SSSR count). The van der Waals surface area contributed by atoms with E-state index in [9.17, 15) is 19.5 Å². The van der Waals surface area contributed by atoms with Crippen molar-refractivity contribution >= 4 is 23.2 Å². The maximum absolute atomic E-state index is 13.0. The fourth-order valence-corrected chi connectivity index (χ4v) is 3.25. The zero-order chi connectivity index (χ0) is 19.7. The number of fused-ring (bicyclic) bond motifs is 1. The zero-order valence-electron chi connectivity index (χ0n) is 15.6. The van der Waals surface area contributed by atoms with Gasteiger partial charge in [-0.1, -0.05) is 0 Å². The molecule has 1 amide bonds. The predicted octanol–water partition coefficient (Wildman–Crippen LogP) is 0.945. The lowest BCUT2D eigenvalue weighted by molar-refractivity contribution is -0.132. The third kappa shape index (κ3) is 3.40. The minimum atomic E-state index is -0.405. The fourth-order valence-electron chi connectivity index (χ4n) is 3.25. The van der Waals surface area contributed by atoms with Gasteiger partial charge in [-0.2, -0.15) is 0 Å². The molecule has 27 heavy (non-hydrogen) atoms. The first-order valence-corrected chi connectivity index (χ1v) is 8.65. The molecule has 1 fully saturated rings. The molecule has 0 atom stereocenters. The lowest BCUT2D eigenvalue weighted by atomic mass is 10.0. The summed E-state index contributed by atoms with van der Waals surface area (Å²) < 4.78 is 10.7. The molecule has 1 saturated heterocycles. The summed E-state index contributed by atoms with van der Waals surface area (Å²) in [6, 6.07) is 1.33. The molecule has 0 bridgehead atoms. The monoisotopic (exact) mass is 374 g/mol. The Kier molecular flexibility index (Phi) is 5.18. The van der Waals surface area contributed by atoms with Gasteiger partial charge in [0.2, 0.25) is 5.91 Å². The summed E-state index contributed by atoms with van der Waals surface area (Å²) in [7, 11) is 3.32. The highest BCUT2D eigenvalue weighted by molar-refractivity contribution is 5.99. The third-order valence-corrected chi connectivity index (χ3v) is 4.97. The number of phenols is 1. The minimum Gasteiger partial charge on any atom is -0.504 e. The highest BCUT2D eigenvalue weighted by Crippen LogP contribution is 2.35. The molecule has 0 unspecified atom stereocenters. The SMILES string of the molecule is COc1cc2c(=O)c(CC(=O)N3CCN(C)CC3)c(C)oc2c(C=O)c1O. The van der Waals surface area contributed by atoms with Crippen LogP contribution in [-0.2, 0) is 11.2 Å². The number of ether oxygens (including phenoxy) is 1. The largest absolute Gasteiger partial charge is 0.504 e. The van der Waals surface area contributed by atoms with E-state index in [0.717, 1.165) is 13.1 Å². The van der Waals surface area contributed by atoms with Crippen LogP contribution >= 0.6 is 0 Å². The molecule has 8 nitrogen and oxygen atoms in total. The van der Waals surface area contributed by atoms with Gasteiger partial charge < -0.3 is 24.1 Å². The van der Waals surface area contributed by atoms with Gasteiger partial charge in [-0.05, 0) is 20.0 Å². The van der Waals surface area contributed by atoms with Crippen LogP contribution in [0.4, 0.5) is 0 Å². The molecule has 0 radical (unpaired) electrons. The molecule has 1 aliphatic rings. The number of amides is 1. The summed E-state index contributed by atoms with van der Waals surface area (Å²) in [5.74, 6) is -0.275. The van der Waals surface area contributed by atoms with E-state index in [1.807, 2.05) is 7.05 Å². The molecule has 2 aromatic rings. The van der Waals surface area contributed by atoms with Gasteiger partial charge in [0, 0.05) is 31.7 Å². The van der Waals surface area contributed by atoms with Gasteiger partial charge in [-0.25, -0.2) is 0 Å². The molecule has 1 aromatic heterocycles. The second-order valence-corrected chi connectivity index (χ2v) is 6.66. The molecule has 1 aromatic carbocycles. The summed E-state index contributed by atoms with van der Waals surface area (Å²) in [6.07, 6.45) is 0.338. The van der Waals surface area contributed by atoms with E-state index in [4.69, 9.17) is 9.15 Å². The van der Waals surface area contributed by atoms with Crippen LogP contribution in [0.15, 0.2) is 15.3 Å². The van der Waals surface area contributed by atoms with Crippen molar-refractivity contribution in [3.8, 4) is 11.5 Å². The van der Waals surface area contributed by atoms with Crippen LogP contribution in [0.2, 0.25) is 0 Å². The maximum atomic E-state index is 13.0. The Labute approximate surface area is 155 Å². The quantitative estimate of drug-likeness (QED) is 0.795. The van der Waals surface area contributed by atoms with Crippen molar-refractivity contribution in [2.24, 2.45) is 0 Å². The first kappa shape index (κ1) is 18.9. The summed E-state index contributed by atoms with van der Waals surface area (Å²) in [4.78, 5) is 40.9. The number of likely N-dealkylation sites (N-methyl/N-ethyl adjacent to an activating group) is 1. The highest BCUT2D eigenvalue weighted by atomic mass is 16.5. The maximum Gasteiger partial charge on any atom is 0.227 e. The van der Waals surface area contributed by atoms with E-state index < -0.39 is 5.43 Å². The Balaban J connectivity index is 2.04. The molecular formula is C19H22N2O6. The van der Waals surface area contributed by atoms with Gasteiger partial charge in [0.25, 0.3) is 0 Å². The molecule has 8 heteroatoms. The number of hydrogen-bond acceptors (Lipinski definition) is 7. The van der Waals surface area contributed by atoms with Gasteiger partial charge in [0.1, 0.15) is 11.3 Å². The molecule has 1 N–H and O–H groups in total. The van der Waals surface area contributed by atoms with Crippen LogP contribution < -0.4 is 10.2 Å². The van der Waals surface area contributed by atoms with Gasteiger partial charge in [-0.15, -0.1) is 0 Å². The number of phenolic OH excluding ortho intramolecular Hbond substituents is 1. The van der Waals surface area contributed by atoms with Crippen LogP contribution in [0.1, 0.15) is 21.7 Å². The van der Waals surface area contributed by atoms with E-state index in [2.05, 4.69) is 4.90 Å². The minimum absolute atomic E-state index is 0.00269. The molecular weight excluding hydrogens is 352 g/mol. The Morgan fingerprint density at radius 3 is 2.59 bits per heavy atom. The van der Waals surface area contributed by atoms with E-state index >= 15 is 0 Å². The van der Waals surface area contributed by atoms with Crippen molar-refractivity contribution < 1.29 is 23.8 Å². The van der Waals surface area contributed by atoms with E-state index in [-0.39, 0.29) is 51.7 Å². The molecule has 2 heterocycles. The Morgan fingerprint density at radius 2 is 2.00 bits per heavy atom. The zero-order valence-corrected chi connectivity index (χ0v) is 15.6. The van der Waals surface area contributed by atoms with Gasteiger partial charge in [0.15, 0.2) is 28.8 Å². The second kappa shape index (κ2) is 7.40. The average molecular weight is 374 g/mol. The van der Waals surface area contributed by atoms with Crippen molar-refractivity contribution in [2.75, 3.05) is 40.3 Å². The molecule has 144 valence electrons. The van der Waals surface area contributed by atoms with Crippen molar-refractivity contribution in [2.45, 2.75) is 13.3 Å². The van der Waals surface area contributed by atoms with E-state index in [1.165, 1.54) is 13.2 Å². The number of nitrogens with zero attached hydrogens (tertiary/aromatic N) is 2. The summed E-state index contributed by atoms with van der Waals surface area (Å²) >= 11 is 0. The number of rotatable bonds is 4. The summed E-state index contributed by atoms with van der Waals surface area (Å²) in [6.45, 7) is 4.38. The molecule has 0 saturated carbocycles. The number of aromatic hydroxyl groups is 1. The molecule has 0 spiro atoms. The molecule has 0 aliphatic carbocycles. The lowest BCUT2D eigenvalue weighted by Gasteiger charge is -2.32. The van der Waals surface area contributed by atoms with E-state index in [0.29, 0.717) is 19.4 Å². The number of aryl methyl sites for hydroxylation is 1. The fraction of sp³-hybridized carbons (Fsp3) is 0.421. The number of hydrogen-bond donors (Lipinski definition) is 1. The first-order chi connectivity index (χ1) is 12.9. The van der Waals surface area contributed by atoms with Crippen molar-refractivity contribution in [1.82, 2.24) is 9.80 Å². The lowest BCUT2D eigenvalue weighted by Crippen LogP contribution is -2.47. The third-order valence-electron chi connectivity index (χ3n) is 4.97. The number of carbonyl (C=O) groups is 2. The van der Waals surface area contributed by atoms with Crippen LogP contribution in [0.5, 0.6) is 11.5 Å². The van der Waals surface area contributed by atoms with Crippen LogP contribution in [-0.4, -0.2) is 67.4 Å². The Morgan fingerprint density at radius 1 is 1.33 bits per heavy atom. The smallest absolute Gasteiger partial charge is 0.227 e. The van der Waals surface area contributed by atoms with Gasteiger partial charge >= 0.3 is 0 Å². The summed E-state index contributed by atoms with van der Waals surface area (Å²) in [5, 5.41) is 10.2. The predicted molar refractivity (Wildman–Crippen MR) is 98.6 cm³/mol. The number of benzene rings is 1. The number of aldehydes is 1. The Bertz CT molecular complexity index is 957. The van der Waals surface area contributed by atoms with Crippen LogP contribution in [0, 0.1) is 6.92 Å². The Hall–Kier alpha value is -2.87. The van der Waals surface area contributed by atoms with Crippen molar-refractivity contribution in [3.63, 3.8) is 0 Å². The number of carbonyl (C=O) groups excluding carboxylic acids is 2. The van der Waals surface area contributed by atoms with E-state index in [1.54, 1.807) is 11.8 Å². The van der Waals surface area contributed by atoms with Crippen molar-refractivity contribution in [1.29, 1.82) is 0 Å². The molecule has 1 aliphatic heterocycles. The van der Waals surface area contributed by atoms with Crippen molar-refractivity contribution in [3.05, 3.63) is 33.2 Å².